The lowest BCUT2D eigenvalue weighted by atomic mass is 9.86. The number of para-hydroxylation sites is 1. The van der Waals surface area contributed by atoms with Crippen molar-refractivity contribution in [1.29, 1.82) is 0 Å². The number of halogens is 1. The van der Waals surface area contributed by atoms with Crippen molar-refractivity contribution in [3.8, 4) is 5.88 Å². The summed E-state index contributed by atoms with van der Waals surface area (Å²) >= 11 is 3.55. The Kier molecular flexibility index (Phi) is 5.86. The van der Waals surface area contributed by atoms with E-state index in [-0.39, 0.29) is 5.92 Å². The molecule has 32 heavy (non-hydrogen) atoms. The molecule has 0 radical (unpaired) electrons. The minimum atomic E-state index is -0.682. The molecular formula is C25H24BrNO5. The molecule has 0 amide bonds. The van der Waals surface area contributed by atoms with Gasteiger partial charge in [-0.2, -0.15) is 0 Å². The molecule has 1 aromatic heterocycles. The lowest BCUT2D eigenvalue weighted by Gasteiger charge is -2.27. The van der Waals surface area contributed by atoms with E-state index in [9.17, 15) is 9.59 Å². The number of nitrogens with zero attached hydrogens (tertiary/aromatic N) is 1. The van der Waals surface area contributed by atoms with E-state index in [1.807, 2.05) is 69.3 Å². The van der Waals surface area contributed by atoms with Gasteiger partial charge in [0.15, 0.2) is 0 Å². The Morgan fingerprint density at radius 3 is 2.59 bits per heavy atom. The Balaban J connectivity index is 1.98. The number of aromatic nitrogens is 1. The van der Waals surface area contributed by atoms with Gasteiger partial charge < -0.3 is 14.2 Å². The van der Waals surface area contributed by atoms with E-state index >= 15 is 0 Å². The maximum absolute atomic E-state index is 13.2. The topological polar surface area (TPSA) is 66.8 Å². The molecule has 4 rings (SSSR count). The minimum Gasteiger partial charge on any atom is -0.466 e. The molecule has 0 N–H and O–H groups in total. The molecule has 1 unspecified atom stereocenters. The van der Waals surface area contributed by atoms with Crippen LogP contribution in [0.25, 0.3) is 10.9 Å². The molecule has 1 aliphatic heterocycles. The molecule has 0 bridgehead atoms. The van der Waals surface area contributed by atoms with Crippen molar-refractivity contribution < 1.29 is 23.8 Å². The van der Waals surface area contributed by atoms with Gasteiger partial charge in [-0.15, -0.1) is 0 Å². The van der Waals surface area contributed by atoms with E-state index in [1.165, 1.54) is 17.8 Å². The summed E-state index contributed by atoms with van der Waals surface area (Å²) in [4.78, 5) is 25.2. The molecule has 2 heterocycles. The van der Waals surface area contributed by atoms with Crippen molar-refractivity contribution in [2.75, 3.05) is 7.11 Å². The van der Waals surface area contributed by atoms with Gasteiger partial charge in [0.25, 0.3) is 0 Å². The summed E-state index contributed by atoms with van der Waals surface area (Å²) < 4.78 is 19.0. The van der Waals surface area contributed by atoms with Gasteiger partial charge in [-0.1, -0.05) is 46.3 Å². The molecule has 7 heteroatoms. The number of hydrogen-bond acceptors (Lipinski definition) is 5. The number of esters is 1. The summed E-state index contributed by atoms with van der Waals surface area (Å²) in [5.41, 5.74) is 1.92. The minimum absolute atomic E-state index is 0.138. The van der Waals surface area contributed by atoms with E-state index in [2.05, 4.69) is 15.9 Å². The number of methoxy groups -OCH3 is 1. The van der Waals surface area contributed by atoms with Gasteiger partial charge in [-0.3, -0.25) is 0 Å². The van der Waals surface area contributed by atoms with Crippen LogP contribution in [0.2, 0.25) is 0 Å². The van der Waals surface area contributed by atoms with Crippen LogP contribution >= 0.6 is 15.9 Å². The molecule has 0 spiro atoms. The van der Waals surface area contributed by atoms with Gasteiger partial charge in [-0.25, -0.2) is 14.2 Å². The van der Waals surface area contributed by atoms with Crippen LogP contribution in [0, 0.1) is 0 Å². The van der Waals surface area contributed by atoms with Crippen molar-refractivity contribution in [3.05, 3.63) is 76.0 Å². The number of hydrogen-bond donors (Lipinski definition) is 0. The number of carbonyl (C=O) groups excluding carboxylic acids is 2. The molecule has 166 valence electrons. The Morgan fingerprint density at radius 2 is 1.91 bits per heavy atom. The number of carbonyl (C=O) groups is 2. The van der Waals surface area contributed by atoms with Crippen LogP contribution in [0.3, 0.4) is 0 Å². The summed E-state index contributed by atoms with van der Waals surface area (Å²) in [6, 6.07) is 15.6. The van der Waals surface area contributed by atoms with Crippen LogP contribution in [0.15, 0.2) is 64.8 Å². The fraction of sp³-hybridized carbons (Fsp3) is 0.280. The first kappa shape index (κ1) is 22.1. The molecule has 0 saturated carbocycles. The highest BCUT2D eigenvalue weighted by Crippen LogP contribution is 2.47. The SMILES string of the molecule is COC(=O)/C=C1\CC(c2cccc(Br)c2)c2c(n(C(=O)OC(C)(C)C)c3ccccc23)O1. The van der Waals surface area contributed by atoms with Gasteiger partial charge in [0.1, 0.15) is 11.4 Å². The Morgan fingerprint density at radius 1 is 1.16 bits per heavy atom. The molecule has 2 aromatic carbocycles. The second kappa shape index (κ2) is 8.47. The predicted octanol–water partition coefficient (Wildman–Crippen LogP) is 6.16. The molecule has 1 atom stereocenters. The maximum Gasteiger partial charge on any atom is 0.421 e. The van der Waals surface area contributed by atoms with E-state index < -0.39 is 17.7 Å². The lowest BCUT2D eigenvalue weighted by molar-refractivity contribution is -0.135. The lowest BCUT2D eigenvalue weighted by Crippen LogP contribution is -2.28. The van der Waals surface area contributed by atoms with E-state index in [4.69, 9.17) is 14.2 Å². The second-order valence-corrected chi connectivity index (χ2v) is 9.51. The van der Waals surface area contributed by atoms with E-state index in [0.29, 0.717) is 23.6 Å². The van der Waals surface area contributed by atoms with Crippen molar-refractivity contribution >= 4 is 38.9 Å². The number of fused-ring (bicyclic) bond motifs is 3. The highest BCUT2D eigenvalue weighted by atomic mass is 79.9. The Hall–Kier alpha value is -3.06. The monoisotopic (exact) mass is 497 g/mol. The van der Waals surface area contributed by atoms with Crippen molar-refractivity contribution in [2.45, 2.75) is 38.7 Å². The predicted molar refractivity (Wildman–Crippen MR) is 125 cm³/mol. The summed E-state index contributed by atoms with van der Waals surface area (Å²) in [5.74, 6) is 0.117. The van der Waals surface area contributed by atoms with Crippen LogP contribution in [-0.2, 0) is 14.3 Å². The zero-order valence-corrected chi connectivity index (χ0v) is 19.9. The zero-order valence-electron chi connectivity index (χ0n) is 18.3. The molecule has 3 aromatic rings. The molecule has 0 aliphatic carbocycles. The van der Waals surface area contributed by atoms with Crippen molar-refractivity contribution in [1.82, 2.24) is 4.57 Å². The summed E-state index contributed by atoms with van der Waals surface area (Å²) in [5, 5.41) is 0.899. The number of allylic oxidation sites excluding steroid dienone is 1. The quantitative estimate of drug-likeness (QED) is 0.313. The highest BCUT2D eigenvalue weighted by Gasteiger charge is 2.36. The Labute approximate surface area is 194 Å². The average molecular weight is 498 g/mol. The summed E-state index contributed by atoms with van der Waals surface area (Å²) in [6.45, 7) is 5.45. The average Bonchev–Trinajstić information content (AvgIpc) is 3.06. The smallest absolute Gasteiger partial charge is 0.421 e. The molecular weight excluding hydrogens is 474 g/mol. The van der Waals surface area contributed by atoms with Crippen LogP contribution in [0.4, 0.5) is 4.79 Å². The Bertz CT molecular complexity index is 1230. The number of rotatable bonds is 2. The van der Waals surface area contributed by atoms with Crippen molar-refractivity contribution in [2.24, 2.45) is 0 Å². The standard InChI is InChI=1S/C25H24BrNO5/c1-25(2,3)32-24(29)27-20-11-6-5-10-18(20)22-19(15-8-7-9-16(26)12-15)13-17(31-23(22)27)14-21(28)30-4/h5-12,14,19H,13H2,1-4H3/b17-14+. The largest absolute Gasteiger partial charge is 0.466 e. The first-order valence-corrected chi connectivity index (χ1v) is 11.1. The second-order valence-electron chi connectivity index (χ2n) is 8.60. The highest BCUT2D eigenvalue weighted by molar-refractivity contribution is 9.10. The molecule has 0 fully saturated rings. The number of ether oxygens (including phenoxy) is 3. The number of benzene rings is 2. The first-order chi connectivity index (χ1) is 15.2. The van der Waals surface area contributed by atoms with Gasteiger partial charge in [0, 0.05) is 27.8 Å². The molecule has 1 aliphatic rings. The fourth-order valence-electron chi connectivity index (χ4n) is 3.92. The first-order valence-electron chi connectivity index (χ1n) is 10.3. The van der Waals surface area contributed by atoms with Gasteiger partial charge in [0.05, 0.1) is 18.7 Å². The van der Waals surface area contributed by atoms with Gasteiger partial charge >= 0.3 is 12.1 Å². The van der Waals surface area contributed by atoms with E-state index in [0.717, 1.165) is 21.0 Å². The van der Waals surface area contributed by atoms with E-state index in [1.54, 1.807) is 0 Å². The maximum atomic E-state index is 13.2. The third-order valence-corrected chi connectivity index (χ3v) is 5.65. The van der Waals surface area contributed by atoms with Gasteiger partial charge in [-0.05, 0) is 44.5 Å². The van der Waals surface area contributed by atoms with Gasteiger partial charge in [0.2, 0.25) is 5.88 Å². The summed E-state index contributed by atoms with van der Waals surface area (Å²) in [7, 11) is 1.32. The molecule has 6 nitrogen and oxygen atoms in total. The molecule has 0 saturated heterocycles. The van der Waals surface area contributed by atoms with Crippen LogP contribution in [0.1, 0.15) is 44.2 Å². The normalized spacial score (nSPS) is 17.0. The third kappa shape index (κ3) is 4.30. The summed E-state index contributed by atoms with van der Waals surface area (Å²) in [6.07, 6.45) is 1.23. The zero-order chi connectivity index (χ0) is 23.0. The fourth-order valence-corrected chi connectivity index (χ4v) is 4.34. The van der Waals surface area contributed by atoms with Crippen molar-refractivity contribution in [3.63, 3.8) is 0 Å². The van der Waals surface area contributed by atoms with Crippen LogP contribution in [0.5, 0.6) is 5.88 Å². The van der Waals surface area contributed by atoms with Crippen LogP contribution in [-0.4, -0.2) is 29.3 Å². The van der Waals surface area contributed by atoms with Crippen LogP contribution < -0.4 is 4.74 Å². The third-order valence-electron chi connectivity index (χ3n) is 5.16.